The quantitative estimate of drug-likeness (QED) is 0.686. The first-order chi connectivity index (χ1) is 6.24. The second-order valence-electron chi connectivity index (χ2n) is 3.11. The van der Waals surface area contributed by atoms with Gasteiger partial charge in [0, 0.05) is 17.5 Å². The first-order valence-electron chi connectivity index (χ1n) is 4.54. The van der Waals surface area contributed by atoms with Gasteiger partial charge in [-0.25, -0.2) is 0 Å². The van der Waals surface area contributed by atoms with Crippen molar-refractivity contribution in [3.63, 3.8) is 0 Å². The third-order valence-corrected chi connectivity index (χ3v) is 2.07. The van der Waals surface area contributed by atoms with E-state index in [1.165, 1.54) is 5.57 Å². The molecule has 70 valence electrons. The van der Waals surface area contributed by atoms with Gasteiger partial charge in [0.15, 0.2) is 0 Å². The van der Waals surface area contributed by atoms with Crippen LogP contribution in [-0.2, 0) is 0 Å². The molecule has 0 bridgehead atoms. The Hall–Kier alpha value is -1.31. The van der Waals surface area contributed by atoms with Crippen LogP contribution in [0.1, 0.15) is 20.3 Å². The molecule has 0 saturated heterocycles. The summed E-state index contributed by atoms with van der Waals surface area (Å²) < 4.78 is 0. The number of hydrogen-bond donors (Lipinski definition) is 1. The lowest BCUT2D eigenvalue weighted by Gasteiger charge is -2.12. The summed E-state index contributed by atoms with van der Waals surface area (Å²) in [6, 6.07) is 0. The van der Waals surface area contributed by atoms with E-state index < -0.39 is 0 Å². The number of nitrogens with zero attached hydrogens (tertiary/aromatic N) is 1. The molecule has 0 aromatic carbocycles. The van der Waals surface area contributed by atoms with E-state index in [-0.39, 0.29) is 0 Å². The van der Waals surface area contributed by atoms with Crippen molar-refractivity contribution in [2.45, 2.75) is 20.3 Å². The molecule has 13 heavy (non-hydrogen) atoms. The number of rotatable bonds is 2. The summed E-state index contributed by atoms with van der Waals surface area (Å²) in [5.74, 6) is 0. The van der Waals surface area contributed by atoms with Gasteiger partial charge in [0.05, 0.1) is 0 Å². The maximum absolute atomic E-state index is 4.12. The molecule has 0 saturated carbocycles. The van der Waals surface area contributed by atoms with E-state index in [0.29, 0.717) is 6.67 Å². The average Bonchev–Trinajstić information content (AvgIpc) is 2.16. The summed E-state index contributed by atoms with van der Waals surface area (Å²) in [5.41, 5.74) is 3.38. The second-order valence-corrected chi connectivity index (χ2v) is 3.11. The van der Waals surface area contributed by atoms with Gasteiger partial charge in [-0.05, 0) is 13.3 Å². The van der Waals surface area contributed by atoms with Gasteiger partial charge < -0.3 is 5.32 Å². The van der Waals surface area contributed by atoms with E-state index in [1.807, 2.05) is 6.21 Å². The Labute approximate surface area is 79.8 Å². The predicted octanol–water partition coefficient (Wildman–Crippen LogP) is 2.41. The lowest BCUT2D eigenvalue weighted by molar-refractivity contribution is 0.833. The van der Waals surface area contributed by atoms with Gasteiger partial charge in [0.25, 0.3) is 0 Å². The first kappa shape index (κ1) is 9.78. The van der Waals surface area contributed by atoms with E-state index in [0.717, 1.165) is 17.7 Å². The Morgan fingerprint density at radius 1 is 1.77 bits per heavy atom. The summed E-state index contributed by atoms with van der Waals surface area (Å²) in [5, 5.41) is 3.08. The van der Waals surface area contributed by atoms with Gasteiger partial charge >= 0.3 is 0 Å². The normalized spacial score (nSPS) is 20.6. The van der Waals surface area contributed by atoms with Crippen molar-refractivity contribution < 1.29 is 0 Å². The molecule has 0 aromatic rings. The number of allylic oxidation sites excluding steroid dienone is 4. The molecule has 1 N–H and O–H groups in total. The second kappa shape index (κ2) is 4.65. The summed E-state index contributed by atoms with van der Waals surface area (Å²) in [6.07, 6.45) is 7.11. The fourth-order valence-corrected chi connectivity index (χ4v) is 0.959. The highest BCUT2D eigenvalue weighted by atomic mass is 15.0. The molecule has 1 aliphatic heterocycles. The molecular weight excluding hydrogens is 160 g/mol. The molecule has 1 aliphatic rings. The Kier molecular flexibility index (Phi) is 3.50. The highest BCUT2D eigenvalue weighted by molar-refractivity contribution is 5.85. The maximum Gasteiger partial charge on any atom is 0.107 e. The van der Waals surface area contributed by atoms with Crippen LogP contribution < -0.4 is 5.32 Å². The van der Waals surface area contributed by atoms with Crippen LogP contribution >= 0.6 is 0 Å². The van der Waals surface area contributed by atoms with Gasteiger partial charge in [-0.3, -0.25) is 4.99 Å². The minimum absolute atomic E-state index is 0.645. The molecule has 0 amide bonds. The molecular formula is C11H16N2. The molecule has 1 rings (SSSR count). The average molecular weight is 176 g/mol. The zero-order valence-electron chi connectivity index (χ0n) is 8.30. The molecule has 2 nitrogen and oxygen atoms in total. The zero-order chi connectivity index (χ0) is 9.68. The Morgan fingerprint density at radius 3 is 3.15 bits per heavy atom. The molecule has 2 heteroatoms. The highest BCUT2D eigenvalue weighted by Crippen LogP contribution is 2.07. The van der Waals surface area contributed by atoms with E-state index in [4.69, 9.17) is 0 Å². The molecule has 0 aliphatic carbocycles. The third-order valence-electron chi connectivity index (χ3n) is 2.07. The topological polar surface area (TPSA) is 24.4 Å². The van der Waals surface area contributed by atoms with Crippen molar-refractivity contribution in [3.8, 4) is 0 Å². The lowest BCUT2D eigenvalue weighted by atomic mass is 10.1. The van der Waals surface area contributed by atoms with Crippen molar-refractivity contribution in [3.05, 3.63) is 35.6 Å². The van der Waals surface area contributed by atoms with E-state index in [1.54, 1.807) is 0 Å². The Balaban J connectivity index is 2.75. The minimum Gasteiger partial charge on any atom is -0.366 e. The Morgan fingerprint density at radius 2 is 2.54 bits per heavy atom. The van der Waals surface area contributed by atoms with Crippen LogP contribution in [0.25, 0.3) is 0 Å². The van der Waals surface area contributed by atoms with Crippen molar-refractivity contribution in [2.75, 3.05) is 6.67 Å². The van der Waals surface area contributed by atoms with Crippen molar-refractivity contribution in [1.29, 1.82) is 0 Å². The smallest absolute Gasteiger partial charge is 0.107 e. The van der Waals surface area contributed by atoms with Gasteiger partial charge in [-0.2, -0.15) is 0 Å². The fraction of sp³-hybridized carbons (Fsp3) is 0.364. The maximum atomic E-state index is 4.12. The fourth-order valence-electron chi connectivity index (χ4n) is 0.959. The molecule has 0 atom stereocenters. The largest absolute Gasteiger partial charge is 0.366 e. The van der Waals surface area contributed by atoms with Crippen LogP contribution in [0.3, 0.4) is 0 Å². The van der Waals surface area contributed by atoms with Crippen LogP contribution in [0.15, 0.2) is 40.6 Å². The summed E-state index contributed by atoms with van der Waals surface area (Å²) in [4.78, 5) is 4.12. The van der Waals surface area contributed by atoms with E-state index in [2.05, 4.69) is 42.9 Å². The van der Waals surface area contributed by atoms with Crippen molar-refractivity contribution in [2.24, 2.45) is 4.99 Å². The standard InChI is InChI=1S/C11H16N2/c1-4-9(2)5-6-11-7-12-8-13-10(11)3/h5-7,13H,3-4,8H2,1-2H3/b9-5-,11-6-. The summed E-state index contributed by atoms with van der Waals surface area (Å²) in [7, 11) is 0. The van der Waals surface area contributed by atoms with Gasteiger partial charge in [0.2, 0.25) is 0 Å². The van der Waals surface area contributed by atoms with E-state index >= 15 is 0 Å². The molecule has 0 spiro atoms. The molecule has 0 radical (unpaired) electrons. The molecule has 0 unspecified atom stereocenters. The number of hydrogen-bond acceptors (Lipinski definition) is 2. The van der Waals surface area contributed by atoms with Crippen LogP contribution in [0.5, 0.6) is 0 Å². The number of aliphatic imine (C=N–C) groups is 1. The van der Waals surface area contributed by atoms with Crippen molar-refractivity contribution in [1.82, 2.24) is 5.32 Å². The van der Waals surface area contributed by atoms with Crippen LogP contribution in [-0.4, -0.2) is 12.9 Å². The highest BCUT2D eigenvalue weighted by Gasteiger charge is 2.01. The van der Waals surface area contributed by atoms with Crippen molar-refractivity contribution >= 4 is 6.21 Å². The summed E-state index contributed by atoms with van der Waals surface area (Å²) in [6.45, 7) is 8.81. The molecule has 0 fully saturated rings. The first-order valence-corrected chi connectivity index (χ1v) is 4.54. The van der Waals surface area contributed by atoms with E-state index in [9.17, 15) is 0 Å². The summed E-state index contributed by atoms with van der Waals surface area (Å²) >= 11 is 0. The Bertz CT molecular complexity index is 282. The van der Waals surface area contributed by atoms with Gasteiger partial charge in [0.1, 0.15) is 6.67 Å². The zero-order valence-corrected chi connectivity index (χ0v) is 8.30. The van der Waals surface area contributed by atoms with Gasteiger partial charge in [-0.1, -0.05) is 31.2 Å². The predicted molar refractivity (Wildman–Crippen MR) is 57.8 cm³/mol. The molecule has 0 aromatic heterocycles. The monoisotopic (exact) mass is 176 g/mol. The lowest BCUT2D eigenvalue weighted by Crippen LogP contribution is -2.19. The van der Waals surface area contributed by atoms with Crippen LogP contribution in [0, 0.1) is 0 Å². The van der Waals surface area contributed by atoms with Crippen LogP contribution in [0.4, 0.5) is 0 Å². The SMILES string of the molecule is C=C1NCN=C/C1=C/C=C(/C)CC. The van der Waals surface area contributed by atoms with Crippen LogP contribution in [0.2, 0.25) is 0 Å². The minimum atomic E-state index is 0.645. The van der Waals surface area contributed by atoms with Gasteiger partial charge in [-0.15, -0.1) is 0 Å². The number of nitrogens with one attached hydrogen (secondary N) is 1. The molecule has 1 heterocycles. The third kappa shape index (κ3) is 2.90.